The Kier molecular flexibility index (Phi) is 5.72. The van der Waals surface area contributed by atoms with Gasteiger partial charge in [0, 0.05) is 45.3 Å². The van der Waals surface area contributed by atoms with Crippen molar-refractivity contribution in [3.63, 3.8) is 0 Å². The van der Waals surface area contributed by atoms with Gasteiger partial charge in [-0.1, -0.05) is 6.42 Å². The quantitative estimate of drug-likeness (QED) is 0.797. The third kappa shape index (κ3) is 3.67. The molecule has 0 aromatic carbocycles. The van der Waals surface area contributed by atoms with Crippen molar-refractivity contribution in [2.75, 3.05) is 26.7 Å². The van der Waals surface area contributed by atoms with Gasteiger partial charge in [0.1, 0.15) is 4.90 Å². The molecule has 0 aliphatic carbocycles. The van der Waals surface area contributed by atoms with Crippen LogP contribution in [0.5, 0.6) is 0 Å². The topological polar surface area (TPSA) is 75.5 Å². The number of piperidine rings is 1. The second-order valence-corrected chi connectivity index (χ2v) is 9.44. The van der Waals surface area contributed by atoms with Crippen LogP contribution in [0.25, 0.3) is 0 Å². The lowest BCUT2D eigenvalue weighted by Gasteiger charge is -2.35. The zero-order valence-corrected chi connectivity index (χ0v) is 16.8. The van der Waals surface area contributed by atoms with Gasteiger partial charge in [0.15, 0.2) is 0 Å². The number of hydrogen-bond acceptors (Lipinski definition) is 4. The summed E-state index contributed by atoms with van der Waals surface area (Å²) in [7, 11) is -1.63. The van der Waals surface area contributed by atoms with Crippen molar-refractivity contribution < 1.29 is 13.2 Å². The molecule has 26 heavy (non-hydrogen) atoms. The van der Waals surface area contributed by atoms with Crippen LogP contribution < -0.4 is 0 Å². The average molecular weight is 383 g/mol. The summed E-state index contributed by atoms with van der Waals surface area (Å²) in [6, 6.07) is 0. The highest BCUT2D eigenvalue weighted by Crippen LogP contribution is 2.33. The average Bonchev–Trinajstić information content (AvgIpc) is 2.94. The molecular formula is C18H30N4O3S. The minimum atomic E-state index is -3.51. The number of likely N-dealkylation sites (tertiary alicyclic amines) is 1. The van der Waals surface area contributed by atoms with E-state index in [4.69, 9.17) is 0 Å². The number of carbonyl (C=O) groups is 1. The predicted molar refractivity (Wildman–Crippen MR) is 99.1 cm³/mol. The van der Waals surface area contributed by atoms with Crippen molar-refractivity contribution in [3.05, 3.63) is 11.9 Å². The Hall–Kier alpha value is -1.41. The Labute approximate surface area is 156 Å². The lowest BCUT2D eigenvalue weighted by atomic mass is 9.81. The van der Waals surface area contributed by atoms with Gasteiger partial charge in [-0.3, -0.25) is 9.48 Å². The van der Waals surface area contributed by atoms with Crippen molar-refractivity contribution in [2.24, 2.45) is 11.8 Å². The highest BCUT2D eigenvalue weighted by molar-refractivity contribution is 7.89. The molecule has 1 atom stereocenters. The van der Waals surface area contributed by atoms with Gasteiger partial charge in [0.05, 0.1) is 5.69 Å². The number of rotatable bonds is 4. The molecular weight excluding hydrogens is 352 g/mol. The molecule has 2 fully saturated rings. The molecule has 2 aliphatic rings. The maximum absolute atomic E-state index is 13.0. The number of aromatic nitrogens is 2. The van der Waals surface area contributed by atoms with E-state index in [1.165, 1.54) is 0 Å². The maximum atomic E-state index is 13.0. The van der Waals surface area contributed by atoms with Gasteiger partial charge in [-0.2, -0.15) is 9.40 Å². The molecule has 0 spiro atoms. The van der Waals surface area contributed by atoms with Crippen LogP contribution in [0.4, 0.5) is 0 Å². The van der Waals surface area contributed by atoms with Crippen LogP contribution in [-0.2, 0) is 21.4 Å². The predicted octanol–water partition coefficient (Wildman–Crippen LogP) is 1.87. The first-order valence-electron chi connectivity index (χ1n) is 9.63. The molecule has 3 rings (SSSR count). The van der Waals surface area contributed by atoms with E-state index in [0.717, 1.165) is 38.6 Å². The van der Waals surface area contributed by atoms with Crippen LogP contribution in [0.15, 0.2) is 11.1 Å². The van der Waals surface area contributed by atoms with E-state index in [0.29, 0.717) is 30.2 Å². The van der Waals surface area contributed by atoms with Gasteiger partial charge in [0.25, 0.3) is 0 Å². The van der Waals surface area contributed by atoms with E-state index in [-0.39, 0.29) is 17.7 Å². The largest absolute Gasteiger partial charge is 0.346 e. The Morgan fingerprint density at radius 3 is 2.46 bits per heavy atom. The van der Waals surface area contributed by atoms with Gasteiger partial charge >= 0.3 is 0 Å². The highest BCUT2D eigenvalue weighted by Gasteiger charge is 2.37. The zero-order valence-electron chi connectivity index (χ0n) is 16.0. The van der Waals surface area contributed by atoms with Crippen LogP contribution in [0.3, 0.4) is 0 Å². The molecule has 1 aromatic heterocycles. The van der Waals surface area contributed by atoms with Gasteiger partial charge in [-0.25, -0.2) is 8.42 Å². The summed E-state index contributed by atoms with van der Waals surface area (Å²) in [4.78, 5) is 14.8. The van der Waals surface area contributed by atoms with E-state index in [9.17, 15) is 13.2 Å². The molecule has 146 valence electrons. The van der Waals surface area contributed by atoms with Crippen LogP contribution in [0.1, 0.15) is 44.7 Å². The molecule has 1 aromatic rings. The first kappa shape index (κ1) is 19.4. The Morgan fingerprint density at radius 1 is 1.15 bits per heavy atom. The van der Waals surface area contributed by atoms with Gasteiger partial charge in [-0.05, 0) is 45.4 Å². The van der Waals surface area contributed by atoms with E-state index < -0.39 is 10.0 Å². The van der Waals surface area contributed by atoms with E-state index in [2.05, 4.69) is 5.10 Å². The summed E-state index contributed by atoms with van der Waals surface area (Å²) in [5.41, 5.74) is 0.551. The van der Waals surface area contributed by atoms with Crippen LogP contribution in [0.2, 0.25) is 0 Å². The van der Waals surface area contributed by atoms with Crippen LogP contribution >= 0.6 is 0 Å². The molecule has 8 heteroatoms. The van der Waals surface area contributed by atoms with E-state index in [1.807, 2.05) is 18.9 Å². The lowest BCUT2D eigenvalue weighted by molar-refractivity contribution is -0.135. The molecule has 0 radical (unpaired) electrons. The van der Waals surface area contributed by atoms with Gasteiger partial charge < -0.3 is 4.90 Å². The van der Waals surface area contributed by atoms with Crippen LogP contribution in [-0.4, -0.2) is 60.0 Å². The summed E-state index contributed by atoms with van der Waals surface area (Å²) < 4.78 is 29.2. The number of sulfonamides is 1. The number of hydrogen-bond donors (Lipinski definition) is 0. The molecule has 0 bridgehead atoms. The van der Waals surface area contributed by atoms with E-state index >= 15 is 0 Å². The first-order chi connectivity index (χ1) is 12.3. The van der Waals surface area contributed by atoms with Crippen molar-refractivity contribution in [3.8, 4) is 0 Å². The Morgan fingerprint density at radius 2 is 1.85 bits per heavy atom. The summed E-state index contributed by atoms with van der Waals surface area (Å²) in [5.74, 6) is 0.578. The summed E-state index contributed by atoms with van der Waals surface area (Å²) in [6.45, 7) is 6.13. The molecule has 0 saturated carbocycles. The number of amides is 1. The highest BCUT2D eigenvalue weighted by atomic mass is 32.2. The summed E-state index contributed by atoms with van der Waals surface area (Å²) in [6.07, 6.45) is 6.21. The fourth-order valence-corrected chi connectivity index (χ4v) is 5.88. The Bertz CT molecular complexity index is 750. The van der Waals surface area contributed by atoms with Gasteiger partial charge in [0.2, 0.25) is 15.9 Å². The molecule has 1 amide bonds. The normalized spacial score (nSPS) is 24.0. The van der Waals surface area contributed by atoms with Crippen molar-refractivity contribution in [2.45, 2.75) is 57.4 Å². The molecule has 0 N–H and O–H groups in total. The fourth-order valence-electron chi connectivity index (χ4n) is 4.24. The van der Waals surface area contributed by atoms with Gasteiger partial charge in [-0.15, -0.1) is 0 Å². The first-order valence-corrected chi connectivity index (χ1v) is 11.1. The summed E-state index contributed by atoms with van der Waals surface area (Å²) in [5, 5.41) is 4.27. The second kappa shape index (κ2) is 7.68. The fraction of sp³-hybridized carbons (Fsp3) is 0.778. The minimum absolute atomic E-state index is 0.0527. The molecule has 7 nitrogen and oxygen atoms in total. The van der Waals surface area contributed by atoms with Crippen LogP contribution in [0, 0.1) is 18.8 Å². The molecule has 2 aliphatic heterocycles. The number of carbonyl (C=O) groups excluding carboxylic acids is 1. The summed E-state index contributed by atoms with van der Waals surface area (Å²) >= 11 is 0. The zero-order chi connectivity index (χ0) is 18.9. The van der Waals surface area contributed by atoms with Crippen molar-refractivity contribution in [1.82, 2.24) is 19.0 Å². The minimum Gasteiger partial charge on any atom is -0.346 e. The molecule has 2 saturated heterocycles. The van der Waals surface area contributed by atoms with E-state index in [1.54, 1.807) is 22.1 Å². The third-order valence-electron chi connectivity index (χ3n) is 5.86. The Balaban J connectivity index is 1.69. The lowest BCUT2D eigenvalue weighted by Crippen LogP contribution is -2.43. The second-order valence-electron chi connectivity index (χ2n) is 7.54. The third-order valence-corrected chi connectivity index (χ3v) is 7.86. The van der Waals surface area contributed by atoms with Crippen molar-refractivity contribution in [1.29, 1.82) is 0 Å². The molecule has 3 heterocycles. The monoisotopic (exact) mass is 382 g/mol. The molecule has 0 unspecified atom stereocenters. The number of aryl methyl sites for hydroxylation is 2. The maximum Gasteiger partial charge on any atom is 0.246 e. The SMILES string of the molecule is CCn1cc(S(=O)(=O)N2CCC([C@@H]3CCCCN(C)C3=O)CC2)c(C)n1. The smallest absolute Gasteiger partial charge is 0.246 e. The van der Waals surface area contributed by atoms with Crippen molar-refractivity contribution >= 4 is 15.9 Å². The number of nitrogens with zero attached hydrogens (tertiary/aromatic N) is 4. The standard InChI is InChI=1S/C18H30N4O3S/c1-4-21-13-17(14(2)19-21)26(24,25)22-11-8-15(9-12-22)16-7-5-6-10-20(3)18(16)23/h13,15-16H,4-12H2,1-3H3/t16-/m0/s1.